The quantitative estimate of drug-likeness (QED) is 0.547. The average molecular weight is 464 g/mol. The third kappa shape index (κ3) is 5.70. The number of halogens is 1. The van der Waals surface area contributed by atoms with E-state index in [0.717, 1.165) is 5.56 Å². The van der Waals surface area contributed by atoms with E-state index in [1.54, 1.807) is 48.5 Å². The molecule has 0 saturated carbocycles. The molecule has 1 fully saturated rings. The van der Waals surface area contributed by atoms with Crippen LogP contribution in [0.5, 0.6) is 0 Å². The summed E-state index contributed by atoms with van der Waals surface area (Å²) in [6.07, 6.45) is -0.111. The molecule has 33 heavy (non-hydrogen) atoms. The Bertz CT molecular complexity index is 1150. The molecule has 168 valence electrons. The van der Waals surface area contributed by atoms with Crippen molar-refractivity contribution in [3.8, 4) is 0 Å². The number of amides is 3. The van der Waals surface area contributed by atoms with Gasteiger partial charge in [-0.05, 0) is 48.0 Å². The minimum Gasteiger partial charge on any atom is -0.447 e. The van der Waals surface area contributed by atoms with Crippen molar-refractivity contribution in [3.05, 3.63) is 95.0 Å². The number of cyclic esters (lactones) is 1. The fourth-order valence-electron chi connectivity index (χ4n) is 3.51. The maximum Gasteiger partial charge on any atom is 0.414 e. The van der Waals surface area contributed by atoms with Gasteiger partial charge in [0.25, 0.3) is 5.91 Å². The highest BCUT2D eigenvalue weighted by Gasteiger charge is 2.25. The third-order valence-electron chi connectivity index (χ3n) is 5.20. The van der Waals surface area contributed by atoms with Crippen LogP contribution in [-0.4, -0.2) is 37.1 Å². The average Bonchev–Trinajstić information content (AvgIpc) is 3.25. The molecule has 3 amide bonds. The maximum absolute atomic E-state index is 13.2. The van der Waals surface area contributed by atoms with Crippen LogP contribution in [0.15, 0.2) is 78.9 Å². The second-order valence-electron chi connectivity index (χ2n) is 7.53. The number of hydrogen-bond donors (Lipinski definition) is 2. The molecule has 8 heteroatoms. The highest BCUT2D eigenvalue weighted by Crippen LogP contribution is 2.23. The van der Waals surface area contributed by atoms with Gasteiger partial charge >= 0.3 is 6.09 Å². The Kier molecular flexibility index (Phi) is 6.90. The van der Waals surface area contributed by atoms with Crippen LogP contribution in [-0.2, 0) is 16.0 Å². The van der Waals surface area contributed by atoms with E-state index in [2.05, 4.69) is 10.6 Å². The Balaban J connectivity index is 1.52. The van der Waals surface area contributed by atoms with Crippen molar-refractivity contribution in [2.75, 3.05) is 23.4 Å². The lowest BCUT2D eigenvalue weighted by atomic mass is 10.0. The van der Waals surface area contributed by atoms with Crippen molar-refractivity contribution in [3.63, 3.8) is 0 Å². The molecular weight excluding hydrogens is 442 g/mol. The summed E-state index contributed by atoms with van der Waals surface area (Å²) in [5.74, 6) is -0.751. The molecular formula is C25H22ClN3O4. The molecule has 7 nitrogen and oxygen atoms in total. The number of nitrogens with one attached hydrogen (secondary N) is 2. The standard InChI is InChI=1S/C25H22ClN3O4/c26-19-11-9-18(10-12-19)23(30)28-22(15-17-5-2-1-3-6-17)24(31)27-20-7-4-8-21(16-20)29-13-14-33-25(29)32/h1-12,16,22H,13-15H2,(H,27,31)(H,28,30). The van der Waals surface area contributed by atoms with E-state index >= 15 is 0 Å². The molecule has 0 aromatic heterocycles. The third-order valence-corrected chi connectivity index (χ3v) is 5.45. The summed E-state index contributed by atoms with van der Waals surface area (Å²) < 4.78 is 4.98. The van der Waals surface area contributed by atoms with Gasteiger partial charge < -0.3 is 15.4 Å². The number of nitrogens with zero attached hydrogens (tertiary/aromatic N) is 1. The summed E-state index contributed by atoms with van der Waals surface area (Å²) in [6, 6.07) is 22.0. The molecule has 1 aliphatic rings. The summed E-state index contributed by atoms with van der Waals surface area (Å²) in [6.45, 7) is 0.773. The molecule has 1 heterocycles. The van der Waals surface area contributed by atoms with E-state index in [4.69, 9.17) is 16.3 Å². The van der Waals surface area contributed by atoms with Gasteiger partial charge in [-0.3, -0.25) is 14.5 Å². The first-order valence-electron chi connectivity index (χ1n) is 10.5. The number of carbonyl (C=O) groups excluding carboxylic acids is 3. The second kappa shape index (κ2) is 10.2. The predicted octanol–water partition coefficient (Wildman–Crippen LogP) is 4.28. The summed E-state index contributed by atoms with van der Waals surface area (Å²) in [5.41, 5.74) is 2.44. The lowest BCUT2D eigenvalue weighted by molar-refractivity contribution is -0.118. The zero-order valence-electron chi connectivity index (χ0n) is 17.7. The van der Waals surface area contributed by atoms with Crippen LogP contribution in [0.25, 0.3) is 0 Å². The fourth-order valence-corrected chi connectivity index (χ4v) is 3.64. The van der Waals surface area contributed by atoms with Crippen LogP contribution in [0.1, 0.15) is 15.9 Å². The first-order valence-corrected chi connectivity index (χ1v) is 10.8. The number of hydrogen-bond acceptors (Lipinski definition) is 4. The molecule has 0 radical (unpaired) electrons. The van der Waals surface area contributed by atoms with Gasteiger partial charge in [-0.2, -0.15) is 0 Å². The second-order valence-corrected chi connectivity index (χ2v) is 7.96. The molecule has 3 aromatic carbocycles. The van der Waals surface area contributed by atoms with Crippen LogP contribution < -0.4 is 15.5 Å². The Morgan fingerprint density at radius 3 is 2.45 bits per heavy atom. The monoisotopic (exact) mass is 463 g/mol. The van der Waals surface area contributed by atoms with Crippen molar-refractivity contribution >= 4 is 40.9 Å². The van der Waals surface area contributed by atoms with Gasteiger partial charge in [0.2, 0.25) is 5.91 Å². The van der Waals surface area contributed by atoms with Crippen LogP contribution in [0.2, 0.25) is 5.02 Å². The lowest BCUT2D eigenvalue weighted by Crippen LogP contribution is -2.45. The number of anilines is 2. The molecule has 0 spiro atoms. The van der Waals surface area contributed by atoms with Gasteiger partial charge in [0.1, 0.15) is 12.6 Å². The topological polar surface area (TPSA) is 87.7 Å². The van der Waals surface area contributed by atoms with Gasteiger partial charge in [-0.25, -0.2) is 4.79 Å². The number of ether oxygens (including phenoxy) is 1. The van der Waals surface area contributed by atoms with Crippen molar-refractivity contribution in [2.45, 2.75) is 12.5 Å². The largest absolute Gasteiger partial charge is 0.447 e. The van der Waals surface area contributed by atoms with Crippen molar-refractivity contribution in [1.29, 1.82) is 0 Å². The minimum absolute atomic E-state index is 0.310. The van der Waals surface area contributed by atoms with Gasteiger partial charge in [0, 0.05) is 28.4 Å². The van der Waals surface area contributed by atoms with Crippen molar-refractivity contribution < 1.29 is 19.1 Å². The molecule has 1 saturated heterocycles. The minimum atomic E-state index is -0.823. The Morgan fingerprint density at radius 1 is 1.00 bits per heavy atom. The van der Waals surface area contributed by atoms with Crippen LogP contribution >= 0.6 is 11.6 Å². The Hall–Kier alpha value is -3.84. The van der Waals surface area contributed by atoms with E-state index < -0.39 is 12.1 Å². The molecule has 0 aliphatic carbocycles. The summed E-state index contributed by atoms with van der Waals surface area (Å²) in [7, 11) is 0. The Morgan fingerprint density at radius 2 is 1.76 bits per heavy atom. The smallest absolute Gasteiger partial charge is 0.414 e. The van der Waals surface area contributed by atoms with E-state index in [0.29, 0.717) is 41.5 Å². The SMILES string of the molecule is O=C(NC(Cc1ccccc1)C(=O)Nc1cccc(N2CCOC2=O)c1)c1ccc(Cl)cc1. The van der Waals surface area contributed by atoms with Gasteiger partial charge in [-0.15, -0.1) is 0 Å². The summed E-state index contributed by atoms with van der Waals surface area (Å²) in [5, 5.41) is 6.19. The van der Waals surface area contributed by atoms with E-state index in [9.17, 15) is 14.4 Å². The lowest BCUT2D eigenvalue weighted by Gasteiger charge is -2.20. The number of rotatable bonds is 7. The van der Waals surface area contributed by atoms with Crippen LogP contribution in [0.3, 0.4) is 0 Å². The highest BCUT2D eigenvalue weighted by atomic mass is 35.5. The molecule has 4 rings (SSSR count). The predicted molar refractivity (Wildman–Crippen MR) is 127 cm³/mol. The van der Waals surface area contributed by atoms with Crippen LogP contribution in [0.4, 0.5) is 16.2 Å². The van der Waals surface area contributed by atoms with E-state index in [1.165, 1.54) is 4.90 Å². The summed E-state index contributed by atoms with van der Waals surface area (Å²) >= 11 is 5.91. The van der Waals surface area contributed by atoms with Gasteiger partial charge in [0.15, 0.2) is 0 Å². The molecule has 3 aromatic rings. The van der Waals surface area contributed by atoms with Gasteiger partial charge in [0.05, 0.1) is 6.54 Å². The maximum atomic E-state index is 13.2. The highest BCUT2D eigenvalue weighted by molar-refractivity contribution is 6.30. The first kappa shape index (κ1) is 22.4. The normalized spacial score (nSPS) is 13.8. The first-order chi connectivity index (χ1) is 16.0. The Labute approximate surface area is 196 Å². The van der Waals surface area contributed by atoms with Crippen LogP contribution in [0, 0.1) is 0 Å². The van der Waals surface area contributed by atoms with E-state index in [-0.39, 0.29) is 11.8 Å². The van der Waals surface area contributed by atoms with E-state index in [1.807, 2.05) is 30.3 Å². The molecule has 1 atom stereocenters. The number of carbonyl (C=O) groups is 3. The molecule has 1 unspecified atom stereocenters. The van der Waals surface area contributed by atoms with Crippen molar-refractivity contribution in [1.82, 2.24) is 5.32 Å². The molecule has 2 N–H and O–H groups in total. The zero-order chi connectivity index (χ0) is 23.2. The fraction of sp³-hybridized carbons (Fsp3) is 0.160. The molecule has 0 bridgehead atoms. The van der Waals surface area contributed by atoms with Gasteiger partial charge in [-0.1, -0.05) is 48.0 Å². The zero-order valence-corrected chi connectivity index (χ0v) is 18.4. The summed E-state index contributed by atoms with van der Waals surface area (Å²) in [4.78, 5) is 39.3. The molecule has 1 aliphatic heterocycles. The van der Waals surface area contributed by atoms with Crippen molar-refractivity contribution in [2.24, 2.45) is 0 Å². The number of benzene rings is 3.